The summed E-state index contributed by atoms with van der Waals surface area (Å²) in [5, 5.41) is 23.0. The molecule has 1 fully saturated rings. The minimum atomic E-state index is -0.946. The Morgan fingerprint density at radius 2 is 1.87 bits per heavy atom. The van der Waals surface area contributed by atoms with Gasteiger partial charge in [0.1, 0.15) is 12.4 Å². The smallest absolute Gasteiger partial charge is 0.333 e. The zero-order valence-electron chi connectivity index (χ0n) is 23.0. The molecular formula is C31H42N2O5. The third-order valence-electron chi connectivity index (χ3n) is 8.09. The van der Waals surface area contributed by atoms with Crippen LogP contribution in [0.5, 0.6) is 5.75 Å². The second-order valence-electron chi connectivity index (χ2n) is 11.2. The van der Waals surface area contributed by atoms with Gasteiger partial charge < -0.3 is 24.7 Å². The highest BCUT2D eigenvalue weighted by Crippen LogP contribution is 2.41. The van der Waals surface area contributed by atoms with E-state index in [0.29, 0.717) is 25.6 Å². The number of carbonyl (C=O) groups is 1. The highest BCUT2D eigenvalue weighted by atomic mass is 16.5. The molecule has 1 saturated carbocycles. The molecule has 0 saturated heterocycles. The molecule has 4 rings (SSSR count). The summed E-state index contributed by atoms with van der Waals surface area (Å²) in [5.41, 5.74) is 5.34. The van der Waals surface area contributed by atoms with Gasteiger partial charge in [0.15, 0.2) is 6.10 Å². The number of carboxylic acids is 1. The van der Waals surface area contributed by atoms with Crippen LogP contribution < -0.4 is 9.64 Å². The van der Waals surface area contributed by atoms with Crippen LogP contribution in [0.2, 0.25) is 0 Å². The minimum Gasteiger partial charge on any atom is -0.492 e. The number of oxime groups is 1. The summed E-state index contributed by atoms with van der Waals surface area (Å²) in [6.07, 6.45) is 6.39. The Morgan fingerprint density at radius 3 is 2.53 bits per heavy atom. The molecule has 1 heterocycles. The first-order valence-corrected chi connectivity index (χ1v) is 14.0. The van der Waals surface area contributed by atoms with Crippen LogP contribution in [-0.2, 0) is 21.4 Å². The fourth-order valence-corrected chi connectivity index (χ4v) is 5.79. The van der Waals surface area contributed by atoms with Gasteiger partial charge in [-0.2, -0.15) is 0 Å². The van der Waals surface area contributed by atoms with Gasteiger partial charge in [-0.25, -0.2) is 4.79 Å². The largest absolute Gasteiger partial charge is 0.492 e. The van der Waals surface area contributed by atoms with E-state index >= 15 is 0 Å². The zero-order valence-corrected chi connectivity index (χ0v) is 23.0. The number of anilines is 1. The van der Waals surface area contributed by atoms with Crippen molar-refractivity contribution in [2.24, 2.45) is 11.1 Å². The Bertz CT molecular complexity index is 1110. The number of rotatable bonds is 11. The van der Waals surface area contributed by atoms with Crippen molar-refractivity contribution in [1.29, 1.82) is 0 Å². The molecule has 38 heavy (non-hydrogen) atoms. The Morgan fingerprint density at radius 1 is 1.13 bits per heavy atom. The summed E-state index contributed by atoms with van der Waals surface area (Å²) < 4.78 is 11.4. The maximum absolute atomic E-state index is 11.3. The van der Waals surface area contributed by atoms with Crippen LogP contribution in [0.15, 0.2) is 47.6 Å². The first-order valence-electron chi connectivity index (χ1n) is 14.0. The number of aliphatic carboxylic acids is 1. The van der Waals surface area contributed by atoms with Crippen molar-refractivity contribution >= 4 is 17.4 Å². The summed E-state index contributed by atoms with van der Waals surface area (Å²) in [5.74, 6) is 0.156. The first kappa shape index (κ1) is 28.0. The number of hydrogen-bond acceptors (Lipinski definition) is 6. The van der Waals surface area contributed by atoms with Gasteiger partial charge in [-0.3, -0.25) is 0 Å². The van der Waals surface area contributed by atoms with Crippen LogP contribution >= 0.6 is 0 Å². The molecule has 7 heteroatoms. The van der Waals surface area contributed by atoms with Gasteiger partial charge in [0.25, 0.3) is 0 Å². The Hall–Kier alpha value is -3.06. The van der Waals surface area contributed by atoms with Crippen LogP contribution in [0.3, 0.4) is 0 Å². The molecule has 2 aromatic carbocycles. The van der Waals surface area contributed by atoms with E-state index in [9.17, 15) is 15.1 Å². The van der Waals surface area contributed by atoms with Gasteiger partial charge in [-0.05, 0) is 67.0 Å². The van der Waals surface area contributed by atoms with Gasteiger partial charge in [0, 0.05) is 36.7 Å². The SMILES string of the molecule is CCOC(Cc1ccc(OCCN2CCC(C)(C)c3cc(/C(=N\O)C4CCCCC4)ccc32)cc1)C(=O)O. The molecule has 7 nitrogen and oxygen atoms in total. The van der Waals surface area contributed by atoms with Gasteiger partial charge in [-0.1, -0.05) is 56.5 Å². The molecule has 2 aliphatic rings. The average molecular weight is 523 g/mol. The fourth-order valence-electron chi connectivity index (χ4n) is 5.79. The number of benzene rings is 2. The van der Waals surface area contributed by atoms with E-state index < -0.39 is 12.1 Å². The number of fused-ring (bicyclic) bond motifs is 1. The van der Waals surface area contributed by atoms with Crippen molar-refractivity contribution in [2.75, 3.05) is 31.2 Å². The van der Waals surface area contributed by atoms with Crippen LogP contribution in [0, 0.1) is 5.92 Å². The molecule has 1 aliphatic carbocycles. The van der Waals surface area contributed by atoms with Gasteiger partial charge >= 0.3 is 5.97 Å². The first-order chi connectivity index (χ1) is 18.3. The van der Waals surface area contributed by atoms with Crippen molar-refractivity contribution < 1.29 is 24.6 Å². The van der Waals surface area contributed by atoms with Crippen molar-refractivity contribution in [1.82, 2.24) is 0 Å². The maximum Gasteiger partial charge on any atom is 0.333 e. The highest BCUT2D eigenvalue weighted by molar-refractivity contribution is 6.02. The molecular weight excluding hydrogens is 480 g/mol. The van der Waals surface area contributed by atoms with Crippen molar-refractivity contribution in [3.05, 3.63) is 59.2 Å². The molecule has 2 aromatic rings. The van der Waals surface area contributed by atoms with E-state index in [1.165, 1.54) is 30.5 Å². The Labute approximate surface area is 226 Å². The molecule has 0 bridgehead atoms. The van der Waals surface area contributed by atoms with E-state index in [1.54, 1.807) is 6.92 Å². The summed E-state index contributed by atoms with van der Waals surface area (Å²) in [6.45, 7) is 9.02. The van der Waals surface area contributed by atoms with E-state index in [4.69, 9.17) is 9.47 Å². The molecule has 0 radical (unpaired) electrons. The minimum absolute atomic E-state index is 0.0426. The zero-order chi connectivity index (χ0) is 27.1. The molecule has 0 amide bonds. The standard InChI is InChI=1S/C31H42N2O5/c1-4-37-28(30(34)35)20-22-10-13-25(14-11-22)38-19-18-33-17-16-31(2,3)26-21-24(12-15-27(26)33)29(32-36)23-8-6-5-7-9-23/h10-15,21,23,28,36H,4-9,16-20H2,1-3H3,(H,34,35)/b32-29-. The second kappa shape index (κ2) is 12.7. The molecule has 1 unspecified atom stereocenters. The number of hydrogen-bond donors (Lipinski definition) is 2. The van der Waals surface area contributed by atoms with Crippen molar-refractivity contribution in [3.63, 3.8) is 0 Å². The lowest BCUT2D eigenvalue weighted by atomic mass is 9.75. The molecule has 206 valence electrons. The Kier molecular flexibility index (Phi) is 9.31. The third kappa shape index (κ3) is 6.68. The molecule has 0 spiro atoms. The molecule has 0 aromatic heterocycles. The average Bonchev–Trinajstić information content (AvgIpc) is 2.92. The highest BCUT2D eigenvalue weighted by Gasteiger charge is 2.32. The van der Waals surface area contributed by atoms with Crippen LogP contribution in [0.25, 0.3) is 0 Å². The molecule has 1 atom stereocenters. The lowest BCUT2D eigenvalue weighted by Gasteiger charge is -2.40. The molecule has 2 N–H and O–H groups in total. The molecule has 1 aliphatic heterocycles. The second-order valence-corrected chi connectivity index (χ2v) is 11.2. The van der Waals surface area contributed by atoms with Crippen LogP contribution in [0.1, 0.15) is 76.0 Å². The topological polar surface area (TPSA) is 91.6 Å². The summed E-state index contributed by atoms with van der Waals surface area (Å²) in [6, 6.07) is 14.1. The van der Waals surface area contributed by atoms with Crippen LogP contribution in [-0.4, -0.2) is 54.4 Å². The number of nitrogens with zero attached hydrogens (tertiary/aromatic N) is 2. The van der Waals surface area contributed by atoms with Gasteiger partial charge in [0.05, 0.1) is 12.3 Å². The predicted molar refractivity (Wildman–Crippen MR) is 150 cm³/mol. The van der Waals surface area contributed by atoms with Crippen molar-refractivity contribution in [2.45, 2.75) is 77.2 Å². The number of ether oxygens (including phenoxy) is 2. The monoisotopic (exact) mass is 522 g/mol. The normalized spacial score (nSPS) is 18.6. The quantitative estimate of drug-likeness (QED) is 0.212. The van der Waals surface area contributed by atoms with E-state index in [1.807, 2.05) is 24.3 Å². The summed E-state index contributed by atoms with van der Waals surface area (Å²) in [4.78, 5) is 13.7. The summed E-state index contributed by atoms with van der Waals surface area (Å²) >= 11 is 0. The van der Waals surface area contributed by atoms with E-state index in [-0.39, 0.29) is 5.41 Å². The van der Waals surface area contributed by atoms with E-state index in [2.05, 4.69) is 42.1 Å². The number of carboxylic acid groups (broad SMARTS) is 1. The lowest BCUT2D eigenvalue weighted by molar-refractivity contribution is -0.149. The Balaban J connectivity index is 1.40. The van der Waals surface area contributed by atoms with Gasteiger partial charge in [-0.15, -0.1) is 0 Å². The summed E-state index contributed by atoms with van der Waals surface area (Å²) in [7, 11) is 0. The third-order valence-corrected chi connectivity index (χ3v) is 8.09. The lowest BCUT2D eigenvalue weighted by Crippen LogP contribution is -2.39. The van der Waals surface area contributed by atoms with Crippen molar-refractivity contribution in [3.8, 4) is 5.75 Å². The predicted octanol–water partition coefficient (Wildman–Crippen LogP) is 6.04. The maximum atomic E-state index is 11.3. The fraction of sp³-hybridized carbons (Fsp3) is 0.548. The van der Waals surface area contributed by atoms with E-state index in [0.717, 1.165) is 54.9 Å². The van der Waals surface area contributed by atoms with Gasteiger partial charge in [0.2, 0.25) is 0 Å². The van der Waals surface area contributed by atoms with Crippen LogP contribution in [0.4, 0.5) is 5.69 Å².